The number of benzene rings is 3. The van der Waals surface area contributed by atoms with Crippen LogP contribution in [0.5, 0.6) is 11.5 Å². The topological polar surface area (TPSA) is 67.9 Å². The first-order valence-electron chi connectivity index (χ1n) is 13.0. The number of hydrogen-bond acceptors (Lipinski definition) is 4. The molecule has 3 aromatic carbocycles. The third-order valence-electron chi connectivity index (χ3n) is 6.81. The highest BCUT2D eigenvalue weighted by Gasteiger charge is 2.31. The van der Waals surface area contributed by atoms with E-state index in [1.165, 1.54) is 0 Å². The molecule has 194 valence electrons. The fourth-order valence-electron chi connectivity index (χ4n) is 4.38. The van der Waals surface area contributed by atoms with Gasteiger partial charge in [0, 0.05) is 25.4 Å². The van der Waals surface area contributed by atoms with Crippen LogP contribution in [-0.4, -0.2) is 35.6 Å². The van der Waals surface area contributed by atoms with Crippen LogP contribution in [0, 0.1) is 6.92 Å². The molecule has 3 aromatic rings. The number of carbonyl (C=O) groups excluding carboxylic acids is 2. The van der Waals surface area contributed by atoms with E-state index in [-0.39, 0.29) is 31.1 Å². The fourth-order valence-corrected chi connectivity index (χ4v) is 4.38. The molecule has 37 heavy (non-hydrogen) atoms. The molecule has 1 aliphatic rings. The van der Waals surface area contributed by atoms with Gasteiger partial charge in [0.15, 0.2) is 11.5 Å². The Kier molecular flexibility index (Phi) is 8.83. The number of carbonyl (C=O) groups is 2. The van der Waals surface area contributed by atoms with Crippen molar-refractivity contribution in [2.24, 2.45) is 0 Å². The van der Waals surface area contributed by atoms with Gasteiger partial charge >= 0.3 is 0 Å². The molecule has 0 fully saturated rings. The van der Waals surface area contributed by atoms with Crippen LogP contribution in [0.15, 0.2) is 72.8 Å². The summed E-state index contributed by atoms with van der Waals surface area (Å²) in [4.78, 5) is 29.1. The molecular formula is C31H36N2O4. The van der Waals surface area contributed by atoms with Crippen molar-refractivity contribution in [3.63, 3.8) is 0 Å². The molecule has 2 unspecified atom stereocenters. The largest absolute Gasteiger partial charge is 0.454 e. The molecule has 0 saturated heterocycles. The molecule has 1 aliphatic heterocycles. The lowest BCUT2D eigenvalue weighted by Crippen LogP contribution is -2.52. The van der Waals surface area contributed by atoms with Crippen LogP contribution in [-0.2, 0) is 29.0 Å². The van der Waals surface area contributed by atoms with Crippen LogP contribution in [0.2, 0.25) is 0 Å². The van der Waals surface area contributed by atoms with E-state index in [1.807, 2.05) is 93.6 Å². The zero-order valence-electron chi connectivity index (χ0n) is 21.9. The maximum absolute atomic E-state index is 13.8. The number of hydrogen-bond donors (Lipinski definition) is 1. The van der Waals surface area contributed by atoms with Gasteiger partial charge in [-0.25, -0.2) is 0 Å². The van der Waals surface area contributed by atoms with Crippen LogP contribution in [0.3, 0.4) is 0 Å². The van der Waals surface area contributed by atoms with Gasteiger partial charge < -0.3 is 19.7 Å². The minimum Gasteiger partial charge on any atom is -0.454 e. The van der Waals surface area contributed by atoms with Gasteiger partial charge in [0.1, 0.15) is 6.04 Å². The van der Waals surface area contributed by atoms with E-state index in [9.17, 15) is 9.59 Å². The maximum Gasteiger partial charge on any atom is 0.243 e. The number of ether oxygens (including phenoxy) is 2. The number of nitrogens with zero attached hydrogens (tertiary/aromatic N) is 1. The summed E-state index contributed by atoms with van der Waals surface area (Å²) in [5.74, 6) is 1.25. The number of nitrogens with one attached hydrogen (secondary N) is 1. The second kappa shape index (κ2) is 12.4. The van der Waals surface area contributed by atoms with Crippen molar-refractivity contribution in [3.05, 3.63) is 95.1 Å². The van der Waals surface area contributed by atoms with Crippen molar-refractivity contribution in [3.8, 4) is 11.5 Å². The molecule has 2 atom stereocenters. The Morgan fingerprint density at radius 2 is 1.62 bits per heavy atom. The Balaban J connectivity index is 1.59. The van der Waals surface area contributed by atoms with Crippen molar-refractivity contribution < 1.29 is 19.1 Å². The average Bonchev–Trinajstić information content (AvgIpc) is 3.39. The van der Waals surface area contributed by atoms with Crippen molar-refractivity contribution in [2.75, 3.05) is 6.79 Å². The van der Waals surface area contributed by atoms with Crippen LogP contribution in [0.4, 0.5) is 0 Å². The standard InChI is InChI=1S/C31H36N2O4/c1-4-23(3)32-31(35)27(18-24-8-6-5-7-9-24)33(20-26-12-10-22(2)11-13-26)30(34)17-15-25-14-16-28-29(19-25)37-21-36-28/h5-14,16,19,23,27H,4,15,17-18,20-21H2,1-3H3,(H,32,35). The van der Waals surface area contributed by atoms with Crippen molar-refractivity contribution in [1.29, 1.82) is 0 Å². The van der Waals surface area contributed by atoms with Crippen LogP contribution in [0.1, 0.15) is 48.9 Å². The third-order valence-corrected chi connectivity index (χ3v) is 6.81. The maximum atomic E-state index is 13.8. The van der Waals surface area contributed by atoms with Gasteiger partial charge in [0.05, 0.1) is 0 Å². The summed E-state index contributed by atoms with van der Waals surface area (Å²) in [6.45, 7) is 6.65. The van der Waals surface area contributed by atoms with E-state index in [0.717, 1.165) is 34.4 Å². The van der Waals surface area contributed by atoms with Gasteiger partial charge in [-0.3, -0.25) is 9.59 Å². The molecule has 0 spiro atoms. The smallest absolute Gasteiger partial charge is 0.243 e. The Labute approximate surface area is 219 Å². The minimum atomic E-state index is -0.623. The Morgan fingerprint density at radius 1 is 0.919 bits per heavy atom. The highest BCUT2D eigenvalue weighted by atomic mass is 16.7. The molecule has 0 aromatic heterocycles. The molecule has 0 saturated carbocycles. The number of aryl methyl sites for hydroxylation is 2. The highest BCUT2D eigenvalue weighted by molar-refractivity contribution is 5.88. The molecule has 1 N–H and O–H groups in total. The normalized spacial score (nSPS) is 13.6. The molecule has 0 bridgehead atoms. The molecule has 1 heterocycles. The lowest BCUT2D eigenvalue weighted by Gasteiger charge is -2.32. The number of fused-ring (bicyclic) bond motifs is 1. The van der Waals surface area contributed by atoms with E-state index in [2.05, 4.69) is 5.32 Å². The summed E-state index contributed by atoms with van der Waals surface area (Å²) in [7, 11) is 0. The summed E-state index contributed by atoms with van der Waals surface area (Å²) in [6.07, 6.45) is 2.10. The molecule has 2 amide bonds. The Morgan fingerprint density at radius 3 is 2.35 bits per heavy atom. The Hall–Kier alpha value is -3.80. The van der Waals surface area contributed by atoms with E-state index >= 15 is 0 Å². The van der Waals surface area contributed by atoms with Gasteiger partial charge in [-0.1, -0.05) is 73.2 Å². The summed E-state index contributed by atoms with van der Waals surface area (Å²) in [6, 6.07) is 23.2. The zero-order valence-corrected chi connectivity index (χ0v) is 21.9. The quantitative estimate of drug-likeness (QED) is 0.392. The van der Waals surface area contributed by atoms with Crippen LogP contribution in [0.25, 0.3) is 0 Å². The molecule has 6 nitrogen and oxygen atoms in total. The Bertz CT molecular complexity index is 1190. The van der Waals surface area contributed by atoms with Gasteiger partial charge in [0.2, 0.25) is 18.6 Å². The van der Waals surface area contributed by atoms with Crippen molar-refractivity contribution >= 4 is 11.8 Å². The second-order valence-electron chi connectivity index (χ2n) is 9.72. The predicted molar refractivity (Wildman–Crippen MR) is 144 cm³/mol. The van der Waals surface area contributed by atoms with Gasteiger partial charge in [-0.05, 0) is 55.5 Å². The first-order chi connectivity index (χ1) is 17.9. The lowest BCUT2D eigenvalue weighted by molar-refractivity contribution is -0.141. The number of amides is 2. The highest BCUT2D eigenvalue weighted by Crippen LogP contribution is 2.33. The fraction of sp³-hybridized carbons (Fsp3) is 0.355. The molecule has 0 radical (unpaired) electrons. The monoisotopic (exact) mass is 500 g/mol. The first kappa shape index (κ1) is 26.3. The van der Waals surface area contributed by atoms with Gasteiger partial charge in [-0.2, -0.15) is 0 Å². The first-order valence-corrected chi connectivity index (χ1v) is 13.0. The summed E-state index contributed by atoms with van der Waals surface area (Å²) in [5, 5.41) is 3.12. The van der Waals surface area contributed by atoms with E-state index in [0.29, 0.717) is 25.1 Å². The van der Waals surface area contributed by atoms with Crippen LogP contribution < -0.4 is 14.8 Å². The summed E-state index contributed by atoms with van der Waals surface area (Å²) >= 11 is 0. The lowest BCUT2D eigenvalue weighted by atomic mass is 10.0. The van der Waals surface area contributed by atoms with Crippen LogP contribution >= 0.6 is 0 Å². The van der Waals surface area contributed by atoms with E-state index in [4.69, 9.17) is 9.47 Å². The van der Waals surface area contributed by atoms with E-state index in [1.54, 1.807) is 4.90 Å². The second-order valence-corrected chi connectivity index (χ2v) is 9.72. The zero-order chi connectivity index (χ0) is 26.2. The minimum absolute atomic E-state index is 0.0238. The average molecular weight is 501 g/mol. The molecule has 4 rings (SSSR count). The van der Waals surface area contributed by atoms with Crippen molar-refractivity contribution in [1.82, 2.24) is 10.2 Å². The van der Waals surface area contributed by atoms with Gasteiger partial charge in [-0.15, -0.1) is 0 Å². The molecule has 0 aliphatic carbocycles. The van der Waals surface area contributed by atoms with E-state index < -0.39 is 6.04 Å². The number of rotatable bonds is 11. The molecular weight excluding hydrogens is 464 g/mol. The SMILES string of the molecule is CCC(C)NC(=O)C(Cc1ccccc1)N(Cc1ccc(C)cc1)C(=O)CCc1ccc2c(c1)OCO2. The summed E-state index contributed by atoms with van der Waals surface area (Å²) in [5.41, 5.74) is 4.16. The summed E-state index contributed by atoms with van der Waals surface area (Å²) < 4.78 is 10.9. The molecule has 6 heteroatoms. The van der Waals surface area contributed by atoms with Crippen molar-refractivity contribution in [2.45, 2.75) is 65.1 Å². The third kappa shape index (κ3) is 7.13. The van der Waals surface area contributed by atoms with Gasteiger partial charge in [0.25, 0.3) is 0 Å². The predicted octanol–water partition coefficient (Wildman–Crippen LogP) is 5.21.